The molecule has 2 saturated carbocycles. The Morgan fingerprint density at radius 1 is 0.962 bits per heavy atom. The molecule has 1 aromatic heterocycles. The molecule has 1 amide bonds. The van der Waals surface area contributed by atoms with Crippen LogP contribution in [0, 0.1) is 0 Å². The Balaban J connectivity index is 1.33. The normalized spacial score (nSPS) is 22.2. The molecule has 3 fully saturated rings. The second-order valence-corrected chi connectivity index (χ2v) is 8.92. The van der Waals surface area contributed by atoms with Crippen LogP contribution in [-0.4, -0.2) is 45.6 Å². The number of nitrogens with one attached hydrogen (secondary N) is 1. The summed E-state index contributed by atoms with van der Waals surface area (Å²) in [5, 5.41) is 13.1. The molecule has 7 heteroatoms. The van der Waals surface area contributed by atoms with Gasteiger partial charge in [-0.15, -0.1) is 10.2 Å². The fourth-order valence-electron chi connectivity index (χ4n) is 4.15. The van der Waals surface area contributed by atoms with Gasteiger partial charge in [-0.3, -0.25) is 9.36 Å². The van der Waals surface area contributed by atoms with E-state index in [4.69, 9.17) is 0 Å². The van der Waals surface area contributed by atoms with Crippen LogP contribution in [0.5, 0.6) is 0 Å². The number of rotatable bonds is 6. The van der Waals surface area contributed by atoms with Crippen molar-refractivity contribution in [3.63, 3.8) is 0 Å². The number of aromatic nitrogens is 3. The van der Waals surface area contributed by atoms with E-state index in [1.165, 1.54) is 57.8 Å². The van der Waals surface area contributed by atoms with Gasteiger partial charge in [-0.1, -0.05) is 43.9 Å². The zero-order valence-electron chi connectivity index (χ0n) is 15.7. The topological polar surface area (TPSA) is 63.1 Å². The van der Waals surface area contributed by atoms with Crippen molar-refractivity contribution in [3.8, 4) is 0 Å². The van der Waals surface area contributed by atoms with E-state index >= 15 is 0 Å². The minimum atomic E-state index is 0.147. The monoisotopic (exact) mass is 377 g/mol. The van der Waals surface area contributed by atoms with Gasteiger partial charge in [0.05, 0.1) is 5.75 Å². The maximum atomic E-state index is 12.4. The zero-order chi connectivity index (χ0) is 17.8. The first-order valence-corrected chi connectivity index (χ1v) is 11.4. The molecule has 144 valence electrons. The van der Waals surface area contributed by atoms with Crippen molar-refractivity contribution in [2.24, 2.45) is 0 Å². The van der Waals surface area contributed by atoms with Gasteiger partial charge in [0, 0.05) is 25.2 Å². The number of amides is 1. The first-order chi connectivity index (χ1) is 12.8. The van der Waals surface area contributed by atoms with Crippen LogP contribution in [0.4, 0.5) is 5.95 Å². The summed E-state index contributed by atoms with van der Waals surface area (Å²) >= 11 is 1.55. The lowest BCUT2D eigenvalue weighted by molar-refractivity contribution is -0.119. The lowest BCUT2D eigenvalue weighted by Gasteiger charge is -2.21. The average Bonchev–Trinajstić information content (AvgIpc) is 3.14. The van der Waals surface area contributed by atoms with Crippen LogP contribution in [0.2, 0.25) is 0 Å². The minimum Gasteiger partial charge on any atom is -0.353 e. The number of thioether (sulfide) groups is 1. The van der Waals surface area contributed by atoms with Gasteiger partial charge in [0.2, 0.25) is 11.9 Å². The molecule has 26 heavy (non-hydrogen) atoms. The summed E-state index contributed by atoms with van der Waals surface area (Å²) < 4.78 is 2.29. The van der Waals surface area contributed by atoms with Crippen LogP contribution in [0.1, 0.15) is 76.7 Å². The molecule has 0 bridgehead atoms. The van der Waals surface area contributed by atoms with E-state index < -0.39 is 0 Å². The zero-order valence-corrected chi connectivity index (χ0v) is 16.5. The Bertz CT molecular complexity index is 601. The molecule has 4 rings (SSSR count). The molecule has 0 unspecified atom stereocenters. The molecule has 1 saturated heterocycles. The molecular weight excluding hydrogens is 346 g/mol. The Hall–Kier alpha value is -1.24. The van der Waals surface area contributed by atoms with Crippen molar-refractivity contribution in [1.82, 2.24) is 20.1 Å². The predicted octanol–water partition coefficient (Wildman–Crippen LogP) is 3.53. The maximum absolute atomic E-state index is 12.4. The molecule has 0 spiro atoms. The van der Waals surface area contributed by atoms with E-state index in [-0.39, 0.29) is 5.91 Å². The first-order valence-electron chi connectivity index (χ1n) is 10.4. The quantitative estimate of drug-likeness (QED) is 0.768. The Kier molecular flexibility index (Phi) is 6.02. The SMILES string of the molecule is O=C(CSc1nnc(N2CCCC2)n1C1CC1)NC1CCCCCCC1. The number of carbonyl (C=O) groups is 1. The van der Waals surface area contributed by atoms with Crippen molar-refractivity contribution in [2.75, 3.05) is 23.7 Å². The van der Waals surface area contributed by atoms with E-state index in [0.29, 0.717) is 17.8 Å². The molecule has 6 nitrogen and oxygen atoms in total. The van der Waals surface area contributed by atoms with Gasteiger partial charge in [-0.05, 0) is 38.5 Å². The van der Waals surface area contributed by atoms with E-state index in [0.717, 1.165) is 37.0 Å². The average molecular weight is 378 g/mol. The molecule has 0 radical (unpaired) electrons. The van der Waals surface area contributed by atoms with Crippen LogP contribution < -0.4 is 10.2 Å². The van der Waals surface area contributed by atoms with Gasteiger partial charge in [0.25, 0.3) is 0 Å². The number of hydrogen-bond donors (Lipinski definition) is 1. The number of nitrogens with zero attached hydrogens (tertiary/aromatic N) is 4. The highest BCUT2D eigenvalue weighted by Gasteiger charge is 2.32. The molecular formula is C19H31N5OS. The molecule has 3 aliphatic rings. The predicted molar refractivity (Wildman–Crippen MR) is 105 cm³/mol. The van der Waals surface area contributed by atoms with Crippen LogP contribution in [-0.2, 0) is 4.79 Å². The van der Waals surface area contributed by atoms with Gasteiger partial charge >= 0.3 is 0 Å². The van der Waals surface area contributed by atoms with E-state index in [1.54, 1.807) is 11.8 Å². The molecule has 1 N–H and O–H groups in total. The van der Waals surface area contributed by atoms with Crippen LogP contribution in [0.25, 0.3) is 0 Å². The summed E-state index contributed by atoms with van der Waals surface area (Å²) in [4.78, 5) is 14.8. The standard InChI is InChI=1S/C19H31N5OS/c25-17(20-15-8-4-2-1-3-5-9-15)14-26-19-22-21-18(23-12-6-7-13-23)24(19)16-10-11-16/h15-16H,1-14H2,(H,20,25). The third kappa shape index (κ3) is 4.53. The number of hydrogen-bond acceptors (Lipinski definition) is 5. The van der Waals surface area contributed by atoms with Gasteiger partial charge in [0.15, 0.2) is 5.16 Å². The summed E-state index contributed by atoms with van der Waals surface area (Å²) in [6, 6.07) is 0.904. The molecule has 2 heterocycles. The number of anilines is 1. The van der Waals surface area contributed by atoms with Crippen molar-refractivity contribution >= 4 is 23.6 Å². The highest BCUT2D eigenvalue weighted by molar-refractivity contribution is 7.99. The van der Waals surface area contributed by atoms with E-state index in [2.05, 4.69) is 25.0 Å². The van der Waals surface area contributed by atoms with E-state index in [1.807, 2.05) is 0 Å². The van der Waals surface area contributed by atoms with Crippen LogP contribution in [0.15, 0.2) is 5.16 Å². The molecule has 0 aromatic carbocycles. The van der Waals surface area contributed by atoms with Gasteiger partial charge in [0.1, 0.15) is 0 Å². The second-order valence-electron chi connectivity index (χ2n) is 7.98. The van der Waals surface area contributed by atoms with Crippen LogP contribution in [0.3, 0.4) is 0 Å². The molecule has 2 aliphatic carbocycles. The molecule has 1 aliphatic heterocycles. The van der Waals surface area contributed by atoms with Crippen molar-refractivity contribution < 1.29 is 4.79 Å². The molecule has 1 aromatic rings. The first kappa shape index (κ1) is 18.1. The van der Waals surface area contributed by atoms with Crippen molar-refractivity contribution in [1.29, 1.82) is 0 Å². The Labute approximate surface area is 160 Å². The van der Waals surface area contributed by atoms with Gasteiger partial charge < -0.3 is 10.2 Å². The summed E-state index contributed by atoms with van der Waals surface area (Å²) in [7, 11) is 0. The fraction of sp³-hybridized carbons (Fsp3) is 0.842. The highest BCUT2D eigenvalue weighted by atomic mass is 32.2. The van der Waals surface area contributed by atoms with Gasteiger partial charge in [-0.2, -0.15) is 0 Å². The van der Waals surface area contributed by atoms with Crippen molar-refractivity contribution in [3.05, 3.63) is 0 Å². The third-order valence-corrected chi connectivity index (χ3v) is 6.69. The summed E-state index contributed by atoms with van der Waals surface area (Å²) in [5.74, 6) is 1.61. The van der Waals surface area contributed by atoms with Crippen LogP contribution >= 0.6 is 11.8 Å². The summed E-state index contributed by atoms with van der Waals surface area (Å²) in [6.07, 6.45) is 13.6. The Morgan fingerprint density at radius 2 is 1.65 bits per heavy atom. The minimum absolute atomic E-state index is 0.147. The highest BCUT2D eigenvalue weighted by Crippen LogP contribution is 2.41. The largest absolute Gasteiger partial charge is 0.353 e. The molecule has 0 atom stereocenters. The third-order valence-electron chi connectivity index (χ3n) is 5.75. The smallest absolute Gasteiger partial charge is 0.230 e. The van der Waals surface area contributed by atoms with Crippen molar-refractivity contribution in [2.45, 2.75) is 87.9 Å². The van der Waals surface area contributed by atoms with E-state index in [9.17, 15) is 4.79 Å². The lowest BCUT2D eigenvalue weighted by Crippen LogP contribution is -2.36. The maximum Gasteiger partial charge on any atom is 0.230 e. The Morgan fingerprint density at radius 3 is 2.35 bits per heavy atom. The lowest BCUT2D eigenvalue weighted by atomic mass is 9.97. The van der Waals surface area contributed by atoms with Gasteiger partial charge in [-0.25, -0.2) is 0 Å². The summed E-state index contributed by atoms with van der Waals surface area (Å²) in [6.45, 7) is 2.16. The fourth-order valence-corrected chi connectivity index (χ4v) is 4.96. The number of carbonyl (C=O) groups excluding carboxylic acids is 1. The summed E-state index contributed by atoms with van der Waals surface area (Å²) in [5.41, 5.74) is 0. The second kappa shape index (κ2) is 8.63.